The summed E-state index contributed by atoms with van der Waals surface area (Å²) in [4.78, 5) is 23.0. The molecule has 19 heavy (non-hydrogen) atoms. The average molecular weight is 284 g/mol. The molecule has 0 atom stereocenters. The highest BCUT2D eigenvalue weighted by molar-refractivity contribution is 6.32. The fraction of sp³-hybridized carbons (Fsp3) is 0.385. The summed E-state index contributed by atoms with van der Waals surface area (Å²) in [5.74, 6) is -0.369. The summed E-state index contributed by atoms with van der Waals surface area (Å²) in [7, 11) is 0. The predicted octanol–water partition coefficient (Wildman–Crippen LogP) is 1.92. The number of benzene rings is 1. The standard InChI is InChI=1S/C13H14ClNO4/c1-2-5-15-11(16)7-18-10-4-3-9(14)8-6-19-13(17)12(8)10/h3-4H,2,5-7H2,1H3,(H,15,16). The molecular formula is C13H14ClNO4. The number of hydrogen-bond donors (Lipinski definition) is 1. The van der Waals surface area contributed by atoms with E-state index in [1.165, 1.54) is 0 Å². The van der Waals surface area contributed by atoms with Crippen LogP contribution in [-0.2, 0) is 16.1 Å². The van der Waals surface area contributed by atoms with Crippen LogP contribution in [0.3, 0.4) is 0 Å². The van der Waals surface area contributed by atoms with Gasteiger partial charge < -0.3 is 14.8 Å². The van der Waals surface area contributed by atoms with Crippen LogP contribution in [-0.4, -0.2) is 25.0 Å². The lowest BCUT2D eigenvalue weighted by Crippen LogP contribution is -2.29. The second-order valence-electron chi connectivity index (χ2n) is 4.11. The fourth-order valence-electron chi connectivity index (χ4n) is 1.75. The van der Waals surface area contributed by atoms with Crippen LogP contribution in [0.5, 0.6) is 5.75 Å². The van der Waals surface area contributed by atoms with Crippen LogP contribution in [0.4, 0.5) is 0 Å². The zero-order valence-corrected chi connectivity index (χ0v) is 11.3. The minimum atomic E-state index is -0.471. The van der Waals surface area contributed by atoms with Crippen molar-refractivity contribution < 1.29 is 19.1 Å². The van der Waals surface area contributed by atoms with E-state index in [9.17, 15) is 9.59 Å². The van der Waals surface area contributed by atoms with Crippen molar-refractivity contribution in [2.45, 2.75) is 20.0 Å². The lowest BCUT2D eigenvalue weighted by molar-refractivity contribution is -0.123. The topological polar surface area (TPSA) is 64.6 Å². The minimum absolute atomic E-state index is 0.138. The largest absolute Gasteiger partial charge is 0.483 e. The Balaban J connectivity index is 2.08. The van der Waals surface area contributed by atoms with Gasteiger partial charge in [0.15, 0.2) is 6.61 Å². The Morgan fingerprint density at radius 1 is 1.53 bits per heavy atom. The molecule has 0 fully saturated rings. The molecule has 1 amide bonds. The van der Waals surface area contributed by atoms with Crippen molar-refractivity contribution in [3.05, 3.63) is 28.3 Å². The lowest BCUT2D eigenvalue weighted by Gasteiger charge is -2.09. The quantitative estimate of drug-likeness (QED) is 0.839. The second kappa shape index (κ2) is 5.93. The van der Waals surface area contributed by atoms with Crippen molar-refractivity contribution in [1.29, 1.82) is 0 Å². The summed E-state index contributed by atoms with van der Waals surface area (Å²) in [5.41, 5.74) is 0.925. The maximum absolute atomic E-state index is 11.6. The molecular weight excluding hydrogens is 270 g/mol. The molecule has 1 aliphatic heterocycles. The Morgan fingerprint density at radius 2 is 2.32 bits per heavy atom. The van der Waals surface area contributed by atoms with Gasteiger partial charge in [-0.25, -0.2) is 4.79 Å². The number of amides is 1. The van der Waals surface area contributed by atoms with Crippen molar-refractivity contribution in [2.24, 2.45) is 0 Å². The molecule has 102 valence electrons. The number of nitrogens with one attached hydrogen (secondary N) is 1. The number of carbonyl (C=O) groups excluding carboxylic acids is 2. The van der Waals surface area contributed by atoms with Crippen LogP contribution in [0.25, 0.3) is 0 Å². The first-order chi connectivity index (χ1) is 9.13. The molecule has 1 aromatic carbocycles. The molecule has 0 aromatic heterocycles. The molecule has 0 bridgehead atoms. The van der Waals surface area contributed by atoms with Crippen molar-refractivity contribution in [1.82, 2.24) is 5.32 Å². The van der Waals surface area contributed by atoms with E-state index >= 15 is 0 Å². The Hall–Kier alpha value is -1.75. The van der Waals surface area contributed by atoms with Crippen molar-refractivity contribution in [2.75, 3.05) is 13.2 Å². The Kier molecular flexibility index (Phi) is 4.27. The van der Waals surface area contributed by atoms with Gasteiger partial charge in [0, 0.05) is 17.1 Å². The third kappa shape index (κ3) is 2.98. The first-order valence-corrected chi connectivity index (χ1v) is 6.39. The molecule has 1 heterocycles. The normalized spacial score (nSPS) is 12.8. The molecule has 0 unspecified atom stereocenters. The van der Waals surface area contributed by atoms with Gasteiger partial charge in [-0.2, -0.15) is 0 Å². The zero-order valence-electron chi connectivity index (χ0n) is 10.5. The van der Waals surface area contributed by atoms with Crippen LogP contribution >= 0.6 is 11.6 Å². The van der Waals surface area contributed by atoms with Gasteiger partial charge in [0.1, 0.15) is 17.9 Å². The predicted molar refractivity (Wildman–Crippen MR) is 69.4 cm³/mol. The van der Waals surface area contributed by atoms with Gasteiger partial charge in [-0.1, -0.05) is 18.5 Å². The Labute approximate surface area is 115 Å². The van der Waals surface area contributed by atoms with Crippen molar-refractivity contribution in [3.63, 3.8) is 0 Å². The molecule has 1 aliphatic rings. The van der Waals surface area contributed by atoms with Crippen LogP contribution in [0.15, 0.2) is 12.1 Å². The van der Waals surface area contributed by atoms with Gasteiger partial charge in [0.05, 0.1) is 0 Å². The highest BCUT2D eigenvalue weighted by Crippen LogP contribution is 2.34. The minimum Gasteiger partial charge on any atom is -0.483 e. The first-order valence-electron chi connectivity index (χ1n) is 6.01. The average Bonchev–Trinajstić information content (AvgIpc) is 2.79. The number of rotatable bonds is 5. The van der Waals surface area contributed by atoms with Crippen LogP contribution in [0.2, 0.25) is 5.02 Å². The van der Waals surface area contributed by atoms with E-state index in [1.54, 1.807) is 12.1 Å². The molecule has 6 heteroatoms. The van der Waals surface area contributed by atoms with Crippen LogP contribution in [0, 0.1) is 0 Å². The molecule has 5 nitrogen and oxygen atoms in total. The van der Waals surface area contributed by atoms with E-state index in [0.29, 0.717) is 28.4 Å². The van der Waals surface area contributed by atoms with Crippen molar-refractivity contribution in [3.8, 4) is 5.75 Å². The summed E-state index contributed by atoms with van der Waals surface area (Å²) in [5, 5.41) is 3.15. The van der Waals surface area contributed by atoms with Gasteiger partial charge in [0.25, 0.3) is 5.91 Å². The van der Waals surface area contributed by atoms with E-state index < -0.39 is 5.97 Å². The first kappa shape index (κ1) is 13.7. The number of hydrogen-bond acceptors (Lipinski definition) is 4. The van der Waals surface area contributed by atoms with Crippen molar-refractivity contribution >= 4 is 23.5 Å². The molecule has 0 radical (unpaired) electrons. The number of esters is 1. The monoisotopic (exact) mass is 283 g/mol. The highest BCUT2D eigenvalue weighted by Gasteiger charge is 2.28. The Bertz CT molecular complexity index is 516. The van der Waals surface area contributed by atoms with E-state index in [4.69, 9.17) is 21.1 Å². The number of cyclic esters (lactones) is 1. The smallest absolute Gasteiger partial charge is 0.342 e. The highest BCUT2D eigenvalue weighted by atomic mass is 35.5. The SMILES string of the molecule is CCCNC(=O)COc1ccc(Cl)c2c1C(=O)OC2. The number of ether oxygens (including phenoxy) is 2. The van der Waals surface area contributed by atoms with E-state index in [2.05, 4.69) is 5.32 Å². The summed E-state index contributed by atoms with van der Waals surface area (Å²) in [6.45, 7) is 2.57. The fourth-order valence-corrected chi connectivity index (χ4v) is 1.97. The number of carbonyl (C=O) groups is 2. The van der Waals surface area contributed by atoms with E-state index in [-0.39, 0.29) is 19.1 Å². The second-order valence-corrected chi connectivity index (χ2v) is 4.52. The summed E-state index contributed by atoms with van der Waals surface area (Å²) in [6, 6.07) is 3.20. The lowest BCUT2D eigenvalue weighted by atomic mass is 10.1. The van der Waals surface area contributed by atoms with E-state index in [0.717, 1.165) is 6.42 Å². The maximum Gasteiger partial charge on any atom is 0.342 e. The van der Waals surface area contributed by atoms with Gasteiger partial charge in [-0.15, -0.1) is 0 Å². The van der Waals surface area contributed by atoms with Gasteiger partial charge in [-0.3, -0.25) is 4.79 Å². The summed E-state index contributed by atoms with van der Waals surface area (Å²) < 4.78 is 10.3. The molecule has 0 aliphatic carbocycles. The van der Waals surface area contributed by atoms with Gasteiger partial charge in [-0.05, 0) is 18.6 Å². The molecule has 1 N–H and O–H groups in total. The number of halogens is 1. The summed E-state index contributed by atoms with van der Waals surface area (Å²) in [6.07, 6.45) is 0.856. The number of fused-ring (bicyclic) bond motifs is 1. The maximum atomic E-state index is 11.6. The molecule has 0 saturated carbocycles. The molecule has 0 spiro atoms. The van der Waals surface area contributed by atoms with Gasteiger partial charge >= 0.3 is 5.97 Å². The molecule has 0 saturated heterocycles. The molecule has 2 rings (SSSR count). The third-order valence-electron chi connectivity index (χ3n) is 2.70. The zero-order chi connectivity index (χ0) is 13.8. The summed E-state index contributed by atoms with van der Waals surface area (Å²) >= 11 is 5.97. The molecule has 1 aromatic rings. The van der Waals surface area contributed by atoms with Gasteiger partial charge in [0.2, 0.25) is 0 Å². The van der Waals surface area contributed by atoms with Crippen LogP contribution < -0.4 is 10.1 Å². The Morgan fingerprint density at radius 3 is 3.05 bits per heavy atom. The van der Waals surface area contributed by atoms with E-state index in [1.807, 2.05) is 6.92 Å². The van der Waals surface area contributed by atoms with Crippen LogP contribution in [0.1, 0.15) is 29.3 Å². The third-order valence-corrected chi connectivity index (χ3v) is 3.05.